The van der Waals surface area contributed by atoms with Gasteiger partial charge in [-0.3, -0.25) is 9.59 Å². The molecular weight excluding hydrogens is 228 g/mol. The van der Waals surface area contributed by atoms with Crippen LogP contribution in [0.2, 0.25) is 0 Å². The van der Waals surface area contributed by atoms with E-state index in [9.17, 15) is 9.59 Å². The predicted octanol–water partition coefficient (Wildman–Crippen LogP) is 1.04. The third-order valence-electron chi connectivity index (χ3n) is 3.74. The number of nitrogens with one attached hydrogen (secondary N) is 1. The van der Waals surface area contributed by atoms with Gasteiger partial charge in [-0.15, -0.1) is 0 Å². The Balaban J connectivity index is 1.88. The van der Waals surface area contributed by atoms with Gasteiger partial charge in [0.05, 0.1) is 5.70 Å². The minimum Gasteiger partial charge on any atom is -0.379 e. The van der Waals surface area contributed by atoms with Crippen LogP contribution >= 0.6 is 0 Å². The van der Waals surface area contributed by atoms with E-state index in [1.54, 1.807) is 0 Å². The molecule has 98 valence electrons. The van der Waals surface area contributed by atoms with Crippen molar-refractivity contribution >= 4 is 11.6 Å². The SMILES string of the molecule is CN(C)C1CCC(NC2=CC(=O)C=CC2=O)CC1. The normalized spacial score (nSPS) is 28.5. The summed E-state index contributed by atoms with van der Waals surface area (Å²) in [6.45, 7) is 0. The fourth-order valence-electron chi connectivity index (χ4n) is 2.58. The van der Waals surface area contributed by atoms with Gasteiger partial charge in [-0.2, -0.15) is 0 Å². The molecule has 0 spiro atoms. The van der Waals surface area contributed by atoms with E-state index in [0.717, 1.165) is 25.7 Å². The van der Waals surface area contributed by atoms with Gasteiger partial charge in [-0.25, -0.2) is 0 Å². The first-order valence-corrected chi connectivity index (χ1v) is 6.47. The number of hydrogen-bond acceptors (Lipinski definition) is 4. The van der Waals surface area contributed by atoms with Crippen LogP contribution in [0.25, 0.3) is 0 Å². The van der Waals surface area contributed by atoms with Gasteiger partial charge in [0.15, 0.2) is 5.78 Å². The lowest BCUT2D eigenvalue weighted by atomic mass is 9.90. The molecule has 0 radical (unpaired) electrons. The molecule has 1 fully saturated rings. The van der Waals surface area contributed by atoms with Crippen molar-refractivity contribution in [1.82, 2.24) is 10.2 Å². The van der Waals surface area contributed by atoms with E-state index in [1.807, 2.05) is 0 Å². The molecule has 0 saturated heterocycles. The van der Waals surface area contributed by atoms with E-state index in [4.69, 9.17) is 0 Å². The van der Waals surface area contributed by atoms with Crippen molar-refractivity contribution in [1.29, 1.82) is 0 Å². The van der Waals surface area contributed by atoms with Crippen LogP contribution in [0.4, 0.5) is 0 Å². The minimum atomic E-state index is -0.112. The van der Waals surface area contributed by atoms with E-state index in [0.29, 0.717) is 17.8 Å². The maximum absolute atomic E-state index is 11.6. The molecule has 2 rings (SSSR count). The van der Waals surface area contributed by atoms with Gasteiger partial charge in [0.1, 0.15) is 0 Å². The highest BCUT2D eigenvalue weighted by Crippen LogP contribution is 2.22. The zero-order chi connectivity index (χ0) is 13.1. The summed E-state index contributed by atoms with van der Waals surface area (Å²) in [5.41, 5.74) is 0.454. The lowest BCUT2D eigenvalue weighted by Crippen LogP contribution is -2.40. The Morgan fingerprint density at radius 3 is 2.39 bits per heavy atom. The van der Waals surface area contributed by atoms with E-state index < -0.39 is 0 Å². The number of allylic oxidation sites excluding steroid dienone is 3. The quantitative estimate of drug-likeness (QED) is 0.758. The molecule has 0 amide bonds. The van der Waals surface area contributed by atoms with Gasteiger partial charge in [-0.05, 0) is 51.9 Å². The highest BCUT2D eigenvalue weighted by Gasteiger charge is 2.24. The monoisotopic (exact) mass is 248 g/mol. The van der Waals surface area contributed by atoms with Crippen LogP contribution in [-0.2, 0) is 9.59 Å². The van der Waals surface area contributed by atoms with Crippen LogP contribution in [0.15, 0.2) is 23.9 Å². The van der Waals surface area contributed by atoms with Crippen molar-refractivity contribution in [3.63, 3.8) is 0 Å². The summed E-state index contributed by atoms with van der Waals surface area (Å²) in [5.74, 6) is -0.205. The molecule has 2 aliphatic carbocycles. The number of ketones is 2. The van der Waals surface area contributed by atoms with Gasteiger partial charge in [0.2, 0.25) is 5.78 Å². The van der Waals surface area contributed by atoms with Crippen LogP contribution in [-0.4, -0.2) is 42.6 Å². The smallest absolute Gasteiger partial charge is 0.201 e. The van der Waals surface area contributed by atoms with E-state index in [1.165, 1.54) is 18.2 Å². The van der Waals surface area contributed by atoms with Crippen LogP contribution in [0.5, 0.6) is 0 Å². The molecule has 0 aromatic heterocycles. The zero-order valence-corrected chi connectivity index (χ0v) is 11.0. The highest BCUT2D eigenvalue weighted by atomic mass is 16.1. The number of carbonyl (C=O) groups is 2. The average molecular weight is 248 g/mol. The summed E-state index contributed by atoms with van der Waals surface area (Å²) in [6.07, 6.45) is 8.43. The molecule has 2 aliphatic rings. The van der Waals surface area contributed by atoms with Crippen molar-refractivity contribution in [2.45, 2.75) is 37.8 Å². The minimum absolute atomic E-state index is 0.0932. The van der Waals surface area contributed by atoms with Crippen LogP contribution in [0.3, 0.4) is 0 Å². The first-order valence-electron chi connectivity index (χ1n) is 6.47. The number of rotatable bonds is 3. The molecule has 1 saturated carbocycles. The molecule has 4 heteroatoms. The highest BCUT2D eigenvalue weighted by molar-refractivity contribution is 6.16. The summed E-state index contributed by atoms with van der Waals surface area (Å²) < 4.78 is 0. The van der Waals surface area contributed by atoms with Gasteiger partial charge < -0.3 is 10.2 Å². The Labute approximate surface area is 108 Å². The topological polar surface area (TPSA) is 49.4 Å². The van der Waals surface area contributed by atoms with Crippen molar-refractivity contribution in [2.24, 2.45) is 0 Å². The second-order valence-corrected chi connectivity index (χ2v) is 5.27. The number of nitrogens with zero attached hydrogens (tertiary/aromatic N) is 1. The molecule has 0 atom stereocenters. The number of carbonyl (C=O) groups excluding carboxylic acids is 2. The van der Waals surface area contributed by atoms with Crippen molar-refractivity contribution < 1.29 is 9.59 Å². The fraction of sp³-hybridized carbons (Fsp3) is 0.571. The largest absolute Gasteiger partial charge is 0.379 e. The lowest BCUT2D eigenvalue weighted by molar-refractivity contribution is -0.114. The summed E-state index contributed by atoms with van der Waals surface area (Å²) in [7, 11) is 4.21. The van der Waals surface area contributed by atoms with Crippen LogP contribution in [0.1, 0.15) is 25.7 Å². The lowest BCUT2D eigenvalue weighted by Gasteiger charge is -2.33. The molecule has 0 aromatic carbocycles. The van der Waals surface area contributed by atoms with Crippen molar-refractivity contribution in [3.8, 4) is 0 Å². The maximum atomic E-state index is 11.6. The standard InChI is InChI=1S/C14H20N2O2/c1-16(2)11-5-3-10(4-6-11)15-13-9-12(17)7-8-14(13)18/h7-11,15H,3-6H2,1-2H3. The third kappa shape index (κ3) is 3.07. The van der Waals surface area contributed by atoms with E-state index in [2.05, 4.69) is 24.3 Å². The zero-order valence-electron chi connectivity index (χ0n) is 11.0. The Bertz CT molecular complexity index is 402. The van der Waals surface area contributed by atoms with Gasteiger partial charge in [-0.1, -0.05) is 0 Å². The second-order valence-electron chi connectivity index (χ2n) is 5.27. The summed E-state index contributed by atoms with van der Waals surface area (Å²) in [5, 5.41) is 3.22. The molecule has 0 unspecified atom stereocenters. The average Bonchev–Trinajstić information content (AvgIpc) is 2.34. The summed E-state index contributed by atoms with van der Waals surface area (Å²) >= 11 is 0. The molecule has 0 aromatic rings. The predicted molar refractivity (Wildman–Crippen MR) is 70.1 cm³/mol. The Morgan fingerprint density at radius 1 is 1.11 bits per heavy atom. The maximum Gasteiger partial charge on any atom is 0.201 e. The summed E-state index contributed by atoms with van der Waals surface area (Å²) in [6, 6.07) is 0.955. The first kappa shape index (κ1) is 13.0. The molecule has 18 heavy (non-hydrogen) atoms. The summed E-state index contributed by atoms with van der Waals surface area (Å²) in [4.78, 5) is 25.1. The molecule has 0 heterocycles. The number of hydrogen-bond donors (Lipinski definition) is 1. The van der Waals surface area contributed by atoms with Crippen molar-refractivity contribution in [2.75, 3.05) is 14.1 Å². The molecule has 0 bridgehead atoms. The van der Waals surface area contributed by atoms with E-state index in [-0.39, 0.29) is 11.6 Å². The van der Waals surface area contributed by atoms with E-state index >= 15 is 0 Å². The second kappa shape index (κ2) is 5.48. The Kier molecular flexibility index (Phi) is 3.97. The molecule has 4 nitrogen and oxygen atoms in total. The Hall–Kier alpha value is -1.42. The molecule has 1 N–H and O–H groups in total. The van der Waals surface area contributed by atoms with Crippen LogP contribution < -0.4 is 5.32 Å². The first-order chi connectivity index (χ1) is 8.56. The van der Waals surface area contributed by atoms with Crippen LogP contribution in [0, 0.1) is 0 Å². The Morgan fingerprint density at radius 2 is 1.78 bits per heavy atom. The van der Waals surface area contributed by atoms with Gasteiger partial charge in [0, 0.05) is 18.2 Å². The van der Waals surface area contributed by atoms with Gasteiger partial charge >= 0.3 is 0 Å². The van der Waals surface area contributed by atoms with Crippen molar-refractivity contribution in [3.05, 3.63) is 23.9 Å². The van der Waals surface area contributed by atoms with Gasteiger partial charge in [0.25, 0.3) is 0 Å². The fourth-order valence-corrected chi connectivity index (χ4v) is 2.58. The molecular formula is C14H20N2O2. The molecule has 0 aliphatic heterocycles. The third-order valence-corrected chi connectivity index (χ3v) is 3.74.